The van der Waals surface area contributed by atoms with Gasteiger partial charge in [-0.1, -0.05) is 23.8 Å². The fourth-order valence-corrected chi connectivity index (χ4v) is 3.04. The molecule has 172 valence electrons. The third-order valence-electron chi connectivity index (χ3n) is 4.81. The van der Waals surface area contributed by atoms with Gasteiger partial charge in [0.15, 0.2) is 0 Å². The zero-order valence-corrected chi connectivity index (χ0v) is 19.3. The summed E-state index contributed by atoms with van der Waals surface area (Å²) in [5, 5.41) is 4.36. The fourth-order valence-electron chi connectivity index (χ4n) is 3.04. The Bertz CT molecular complexity index is 1290. The van der Waals surface area contributed by atoms with Crippen LogP contribution < -0.4 is 0 Å². The molecule has 0 spiro atoms. The van der Waals surface area contributed by atoms with E-state index in [1.54, 1.807) is 32.0 Å². The van der Waals surface area contributed by atoms with Gasteiger partial charge >= 0.3 is 27.2 Å². The van der Waals surface area contributed by atoms with E-state index in [-0.39, 0.29) is 38.1 Å². The van der Waals surface area contributed by atoms with Crippen molar-refractivity contribution in [3.8, 4) is 17.1 Å². The van der Waals surface area contributed by atoms with Crippen molar-refractivity contribution in [3.05, 3.63) is 89.8 Å². The van der Waals surface area contributed by atoms with Crippen molar-refractivity contribution in [2.24, 2.45) is 0 Å². The average molecular weight is 638 g/mol. The van der Waals surface area contributed by atoms with E-state index in [0.717, 1.165) is 18.2 Å². The molecular formula is C22H14F5N5Pt. The van der Waals surface area contributed by atoms with Crippen LogP contribution in [0.15, 0.2) is 48.7 Å². The maximum Gasteiger partial charge on any atom is 2.00 e. The monoisotopic (exact) mass is 638 g/mol. The van der Waals surface area contributed by atoms with Crippen molar-refractivity contribution in [2.75, 3.05) is 0 Å². The molecule has 0 aliphatic heterocycles. The average Bonchev–Trinajstić information content (AvgIpc) is 3.25. The Kier molecular flexibility index (Phi) is 6.79. The Balaban J connectivity index is 0.00000306. The van der Waals surface area contributed by atoms with Crippen LogP contribution in [0.2, 0.25) is 0 Å². The zero-order valence-electron chi connectivity index (χ0n) is 17.1. The van der Waals surface area contributed by atoms with Crippen molar-refractivity contribution in [1.82, 2.24) is 24.7 Å². The van der Waals surface area contributed by atoms with Crippen molar-refractivity contribution in [1.29, 1.82) is 0 Å². The van der Waals surface area contributed by atoms with Crippen LogP contribution in [0, 0.1) is 24.0 Å². The fraction of sp³-hybridized carbons (Fsp3) is 0.182. The third kappa shape index (κ3) is 5.00. The standard InChI is InChI=1S/C22H14F5N5.Pt/c1-21(2,15-6-3-5-14(28-15)13-9-10-18(23)30-20(13)24)16-11-12-32(31-16)19-8-4-7-17(29-19)22(25,26)27;/h3-7,10-12H,1-2H3;/q-2;+2. The van der Waals surface area contributed by atoms with E-state index in [1.165, 1.54) is 16.9 Å². The normalized spacial score (nSPS) is 11.8. The van der Waals surface area contributed by atoms with Crippen LogP contribution in [-0.2, 0) is 32.7 Å². The summed E-state index contributed by atoms with van der Waals surface area (Å²) in [5.41, 5.74) is -0.768. The molecule has 0 bridgehead atoms. The van der Waals surface area contributed by atoms with Crippen LogP contribution in [0.4, 0.5) is 22.0 Å². The summed E-state index contributed by atoms with van der Waals surface area (Å²) >= 11 is 0. The molecule has 4 heterocycles. The van der Waals surface area contributed by atoms with Crippen LogP contribution in [0.25, 0.3) is 17.1 Å². The van der Waals surface area contributed by atoms with Crippen LogP contribution in [-0.4, -0.2) is 24.7 Å². The van der Waals surface area contributed by atoms with Crippen LogP contribution in [0.1, 0.15) is 30.9 Å². The van der Waals surface area contributed by atoms with Gasteiger partial charge in [-0.3, -0.25) is 9.97 Å². The molecule has 4 aromatic rings. The second-order valence-electron chi connectivity index (χ2n) is 7.36. The summed E-state index contributed by atoms with van der Waals surface area (Å²) in [4.78, 5) is 11.2. The molecular weight excluding hydrogens is 624 g/mol. The molecule has 0 N–H and O–H groups in total. The van der Waals surface area contributed by atoms with Crippen molar-refractivity contribution in [2.45, 2.75) is 25.4 Å². The van der Waals surface area contributed by atoms with Gasteiger partial charge in [-0.2, -0.15) is 24.3 Å². The van der Waals surface area contributed by atoms with Crippen molar-refractivity contribution in [3.63, 3.8) is 0 Å². The Morgan fingerprint density at radius 1 is 0.879 bits per heavy atom. The summed E-state index contributed by atoms with van der Waals surface area (Å²) in [6.07, 6.45) is -3.12. The van der Waals surface area contributed by atoms with Gasteiger partial charge in [0.1, 0.15) is 11.9 Å². The molecule has 0 aromatic carbocycles. The largest absolute Gasteiger partial charge is 2.00 e. The predicted octanol–water partition coefficient (Wildman–Crippen LogP) is 4.95. The molecule has 0 amide bonds. The summed E-state index contributed by atoms with van der Waals surface area (Å²) in [6, 6.07) is 14.5. The first-order chi connectivity index (χ1) is 15.1. The van der Waals surface area contributed by atoms with Crippen molar-refractivity contribution >= 4 is 0 Å². The summed E-state index contributed by atoms with van der Waals surface area (Å²) < 4.78 is 67.2. The summed E-state index contributed by atoms with van der Waals surface area (Å²) in [7, 11) is 0. The van der Waals surface area contributed by atoms with Gasteiger partial charge in [0.25, 0.3) is 0 Å². The van der Waals surface area contributed by atoms with E-state index in [4.69, 9.17) is 0 Å². The molecule has 0 saturated heterocycles. The van der Waals surface area contributed by atoms with E-state index in [0.29, 0.717) is 11.4 Å². The van der Waals surface area contributed by atoms with Crippen molar-refractivity contribution < 1.29 is 43.0 Å². The number of halogens is 5. The number of alkyl halides is 3. The second kappa shape index (κ2) is 9.09. The van der Waals surface area contributed by atoms with E-state index < -0.39 is 29.2 Å². The van der Waals surface area contributed by atoms with Crippen LogP contribution in [0.3, 0.4) is 0 Å². The molecule has 0 fully saturated rings. The minimum atomic E-state index is -4.59. The second-order valence-corrected chi connectivity index (χ2v) is 7.36. The number of nitrogens with zero attached hydrogens (tertiary/aromatic N) is 5. The molecule has 0 radical (unpaired) electrons. The van der Waals surface area contributed by atoms with Crippen LogP contribution >= 0.6 is 0 Å². The van der Waals surface area contributed by atoms with Gasteiger partial charge in [-0.25, -0.2) is 25.6 Å². The molecule has 0 atom stereocenters. The van der Waals surface area contributed by atoms with E-state index in [2.05, 4.69) is 32.2 Å². The first-order valence-corrected chi connectivity index (χ1v) is 9.30. The topological polar surface area (TPSA) is 56.5 Å². The predicted molar refractivity (Wildman–Crippen MR) is 104 cm³/mol. The van der Waals surface area contributed by atoms with Gasteiger partial charge in [0.2, 0.25) is 0 Å². The molecule has 0 aliphatic rings. The minimum Gasteiger partial charge on any atom is -0.300 e. The molecule has 4 aromatic heterocycles. The Morgan fingerprint density at radius 2 is 1.64 bits per heavy atom. The molecule has 5 nitrogen and oxygen atoms in total. The van der Waals surface area contributed by atoms with Gasteiger partial charge in [-0.15, -0.1) is 6.07 Å². The first-order valence-electron chi connectivity index (χ1n) is 9.30. The van der Waals surface area contributed by atoms with E-state index in [9.17, 15) is 22.0 Å². The number of rotatable bonds is 4. The Morgan fingerprint density at radius 3 is 2.33 bits per heavy atom. The van der Waals surface area contributed by atoms with Gasteiger partial charge in [-0.05, 0) is 31.7 Å². The zero-order chi connectivity index (χ0) is 23.1. The first kappa shape index (κ1) is 24.6. The number of hydrogen-bond donors (Lipinski definition) is 0. The number of hydrogen-bond acceptors (Lipinski definition) is 4. The molecule has 0 unspecified atom stereocenters. The van der Waals surface area contributed by atoms with Gasteiger partial charge < -0.3 is 4.98 Å². The third-order valence-corrected chi connectivity index (χ3v) is 4.81. The molecule has 33 heavy (non-hydrogen) atoms. The number of aromatic nitrogens is 5. The molecule has 11 heteroatoms. The SMILES string of the molecule is CC(C)(c1cccc(-c2[c-]cc(F)nc2F)n1)c1ccn(-c2[c-]ccc(C(F)(F)F)n2)n1.[Pt+2]. The summed E-state index contributed by atoms with van der Waals surface area (Å²) in [6.45, 7) is 3.61. The Hall–Kier alpha value is -3.00. The maximum atomic E-state index is 14.1. The molecule has 0 saturated carbocycles. The number of pyridine rings is 3. The molecule has 4 rings (SSSR count). The smallest absolute Gasteiger partial charge is 0.300 e. The Labute approximate surface area is 200 Å². The van der Waals surface area contributed by atoms with Gasteiger partial charge in [0, 0.05) is 11.9 Å². The summed E-state index contributed by atoms with van der Waals surface area (Å²) in [5.74, 6) is -2.14. The maximum absolute atomic E-state index is 14.1. The van der Waals surface area contributed by atoms with Crippen LogP contribution in [0.5, 0.6) is 0 Å². The van der Waals surface area contributed by atoms with Gasteiger partial charge in [0.05, 0.1) is 22.6 Å². The van der Waals surface area contributed by atoms with E-state index >= 15 is 0 Å². The van der Waals surface area contributed by atoms with E-state index in [1.807, 2.05) is 0 Å². The molecule has 0 aliphatic carbocycles. The quantitative estimate of drug-likeness (QED) is 0.181. The minimum absolute atomic E-state index is 0.